The van der Waals surface area contributed by atoms with Gasteiger partial charge in [0.1, 0.15) is 0 Å². The molecule has 0 radical (unpaired) electrons. The summed E-state index contributed by atoms with van der Waals surface area (Å²) in [4.78, 5) is 12.2. The summed E-state index contributed by atoms with van der Waals surface area (Å²) in [6.07, 6.45) is 7.15. The Morgan fingerprint density at radius 3 is 2.68 bits per heavy atom. The minimum Gasteiger partial charge on any atom is -0.388 e. The predicted molar refractivity (Wildman–Crippen MR) is 93.2 cm³/mol. The normalized spacial score (nSPS) is 13.9. The van der Waals surface area contributed by atoms with Gasteiger partial charge in [0.25, 0.3) is 5.91 Å². The van der Waals surface area contributed by atoms with E-state index in [1.165, 1.54) is 5.57 Å². The molecule has 0 aliphatic heterocycles. The number of hydrogen-bond acceptors (Lipinski definition) is 3. The molecule has 0 fully saturated rings. The number of carbonyl (C=O) groups is 1. The Morgan fingerprint density at radius 1 is 1.14 bits per heavy atom. The number of nitrogens with one attached hydrogen (secondary N) is 3. The van der Waals surface area contributed by atoms with Crippen LogP contribution in [0.5, 0.6) is 0 Å². The van der Waals surface area contributed by atoms with Crippen molar-refractivity contribution in [1.82, 2.24) is 5.32 Å². The molecule has 22 heavy (non-hydrogen) atoms. The number of rotatable bonds is 7. The van der Waals surface area contributed by atoms with Crippen LogP contribution in [-0.4, -0.2) is 26.0 Å². The van der Waals surface area contributed by atoms with Gasteiger partial charge in [-0.25, -0.2) is 0 Å². The third-order valence-corrected chi connectivity index (χ3v) is 3.77. The van der Waals surface area contributed by atoms with E-state index in [4.69, 9.17) is 0 Å². The van der Waals surface area contributed by atoms with Gasteiger partial charge >= 0.3 is 0 Å². The maximum Gasteiger partial charge on any atom is 0.251 e. The van der Waals surface area contributed by atoms with Crippen molar-refractivity contribution in [3.63, 3.8) is 0 Å². The highest BCUT2D eigenvalue weighted by Gasteiger charge is 2.14. The number of anilines is 2. The van der Waals surface area contributed by atoms with Crippen LogP contribution in [0.25, 0.3) is 0 Å². The van der Waals surface area contributed by atoms with E-state index in [-0.39, 0.29) is 5.91 Å². The lowest BCUT2D eigenvalue weighted by atomic mass is 9.95. The van der Waals surface area contributed by atoms with E-state index in [2.05, 4.69) is 35.0 Å². The predicted octanol–water partition coefficient (Wildman–Crippen LogP) is 3.31. The molecule has 1 aliphatic carbocycles. The summed E-state index contributed by atoms with van der Waals surface area (Å²) in [5, 5.41) is 9.41. The molecule has 4 nitrogen and oxygen atoms in total. The van der Waals surface area contributed by atoms with Crippen LogP contribution in [0.15, 0.2) is 47.6 Å². The van der Waals surface area contributed by atoms with Gasteiger partial charge in [0.15, 0.2) is 0 Å². The van der Waals surface area contributed by atoms with Crippen molar-refractivity contribution in [2.75, 3.05) is 30.8 Å². The number of carbonyl (C=O) groups excluding carboxylic acids is 1. The lowest BCUT2D eigenvalue weighted by molar-refractivity contribution is -0.117. The van der Waals surface area contributed by atoms with E-state index in [0.29, 0.717) is 13.1 Å². The van der Waals surface area contributed by atoms with E-state index in [0.717, 1.165) is 36.2 Å². The molecule has 0 atom stereocenters. The third kappa shape index (κ3) is 4.38. The molecule has 0 heterocycles. The van der Waals surface area contributed by atoms with Crippen molar-refractivity contribution in [3.8, 4) is 0 Å². The summed E-state index contributed by atoms with van der Waals surface area (Å²) >= 11 is 0. The number of benzene rings is 1. The van der Waals surface area contributed by atoms with Crippen LogP contribution in [0.1, 0.15) is 26.2 Å². The van der Waals surface area contributed by atoms with Gasteiger partial charge in [0.2, 0.25) is 0 Å². The lowest BCUT2D eigenvalue weighted by Crippen LogP contribution is -2.30. The molecule has 118 valence electrons. The summed E-state index contributed by atoms with van der Waals surface area (Å²) in [5.74, 6) is 0.0403. The highest BCUT2D eigenvalue weighted by atomic mass is 16.1. The van der Waals surface area contributed by atoms with Crippen LogP contribution in [-0.2, 0) is 4.79 Å². The first kappa shape index (κ1) is 16.1. The monoisotopic (exact) mass is 299 g/mol. The molecule has 1 aromatic carbocycles. The number of allylic oxidation sites excluding steroid dienone is 2. The Hall–Kier alpha value is -2.23. The Balaban J connectivity index is 1.77. The molecule has 3 N–H and O–H groups in total. The second kappa shape index (κ2) is 8.27. The van der Waals surface area contributed by atoms with E-state index >= 15 is 0 Å². The lowest BCUT2D eigenvalue weighted by Gasteiger charge is -2.15. The molecule has 0 spiro atoms. The molecule has 0 aromatic heterocycles. The smallest absolute Gasteiger partial charge is 0.251 e. The van der Waals surface area contributed by atoms with Crippen molar-refractivity contribution >= 4 is 17.3 Å². The molecule has 1 aliphatic rings. The van der Waals surface area contributed by atoms with E-state index in [1.54, 1.807) is 0 Å². The highest BCUT2D eigenvalue weighted by molar-refractivity contribution is 5.97. The SMILES string of the molecule is CCC1=CCCC=C1C(=O)NCCNc1cccc(NC)c1. The molecule has 0 saturated heterocycles. The first-order valence-electron chi connectivity index (χ1n) is 7.94. The average Bonchev–Trinajstić information content (AvgIpc) is 2.58. The molecule has 2 rings (SSSR count). The summed E-state index contributed by atoms with van der Waals surface area (Å²) in [6.45, 7) is 3.41. The Bertz CT molecular complexity index is 575. The highest BCUT2D eigenvalue weighted by Crippen LogP contribution is 2.21. The summed E-state index contributed by atoms with van der Waals surface area (Å²) < 4.78 is 0. The second-order valence-electron chi connectivity index (χ2n) is 5.29. The Labute approximate surface area is 132 Å². The Morgan fingerprint density at radius 2 is 1.91 bits per heavy atom. The fraction of sp³-hybridized carbons (Fsp3) is 0.389. The van der Waals surface area contributed by atoms with Gasteiger partial charge in [-0.15, -0.1) is 0 Å². The topological polar surface area (TPSA) is 53.2 Å². The largest absolute Gasteiger partial charge is 0.388 e. The van der Waals surface area contributed by atoms with Gasteiger partial charge in [-0.05, 0) is 43.0 Å². The van der Waals surface area contributed by atoms with Gasteiger partial charge in [-0.3, -0.25) is 4.79 Å². The standard InChI is InChI=1S/C18H25N3O/c1-3-14-7-4-5-10-17(14)18(22)21-12-11-20-16-9-6-8-15(13-16)19-2/h6-10,13,19-20H,3-5,11-12H2,1-2H3,(H,21,22). The van der Waals surface area contributed by atoms with E-state index in [1.807, 2.05) is 31.3 Å². The zero-order valence-corrected chi connectivity index (χ0v) is 13.4. The van der Waals surface area contributed by atoms with E-state index in [9.17, 15) is 4.79 Å². The fourth-order valence-electron chi connectivity index (χ4n) is 2.56. The molecular weight excluding hydrogens is 274 g/mol. The fourth-order valence-corrected chi connectivity index (χ4v) is 2.56. The van der Waals surface area contributed by atoms with Crippen molar-refractivity contribution in [3.05, 3.63) is 47.6 Å². The summed E-state index contributed by atoms with van der Waals surface area (Å²) in [7, 11) is 1.90. The minimum absolute atomic E-state index is 0.0403. The van der Waals surface area contributed by atoms with Gasteiger partial charge in [0, 0.05) is 37.1 Å². The summed E-state index contributed by atoms with van der Waals surface area (Å²) in [6, 6.07) is 8.08. The average molecular weight is 299 g/mol. The van der Waals surface area contributed by atoms with E-state index < -0.39 is 0 Å². The van der Waals surface area contributed by atoms with Crippen molar-refractivity contribution in [2.24, 2.45) is 0 Å². The maximum atomic E-state index is 12.2. The Kier molecular flexibility index (Phi) is 6.07. The van der Waals surface area contributed by atoms with Crippen LogP contribution < -0.4 is 16.0 Å². The van der Waals surface area contributed by atoms with Crippen LogP contribution in [0.3, 0.4) is 0 Å². The second-order valence-corrected chi connectivity index (χ2v) is 5.29. The van der Waals surface area contributed by atoms with Gasteiger partial charge in [-0.2, -0.15) is 0 Å². The van der Waals surface area contributed by atoms with Crippen molar-refractivity contribution in [1.29, 1.82) is 0 Å². The number of amides is 1. The first-order valence-corrected chi connectivity index (χ1v) is 7.94. The molecule has 1 amide bonds. The molecule has 0 bridgehead atoms. The van der Waals surface area contributed by atoms with Crippen molar-refractivity contribution in [2.45, 2.75) is 26.2 Å². The quantitative estimate of drug-likeness (QED) is 0.677. The summed E-state index contributed by atoms with van der Waals surface area (Å²) in [5.41, 5.74) is 4.13. The third-order valence-electron chi connectivity index (χ3n) is 3.77. The van der Waals surface area contributed by atoms with Crippen LogP contribution in [0, 0.1) is 0 Å². The van der Waals surface area contributed by atoms with Crippen molar-refractivity contribution < 1.29 is 4.79 Å². The van der Waals surface area contributed by atoms with Crippen LogP contribution >= 0.6 is 0 Å². The zero-order valence-electron chi connectivity index (χ0n) is 13.4. The molecule has 1 aromatic rings. The molecule has 0 unspecified atom stereocenters. The molecule has 4 heteroatoms. The molecular formula is C18H25N3O. The first-order chi connectivity index (χ1) is 10.7. The van der Waals surface area contributed by atoms with Crippen LogP contribution in [0.2, 0.25) is 0 Å². The minimum atomic E-state index is 0.0403. The number of hydrogen-bond donors (Lipinski definition) is 3. The molecule has 0 saturated carbocycles. The van der Waals surface area contributed by atoms with Gasteiger partial charge in [-0.1, -0.05) is 25.1 Å². The zero-order chi connectivity index (χ0) is 15.8. The van der Waals surface area contributed by atoms with Gasteiger partial charge < -0.3 is 16.0 Å². The maximum absolute atomic E-state index is 12.2. The van der Waals surface area contributed by atoms with Gasteiger partial charge in [0.05, 0.1) is 0 Å². The van der Waals surface area contributed by atoms with Crippen LogP contribution in [0.4, 0.5) is 11.4 Å².